The number of nitrogens with one attached hydrogen (secondary N) is 1. The van der Waals surface area contributed by atoms with Gasteiger partial charge in [0.05, 0.1) is 19.4 Å². The van der Waals surface area contributed by atoms with Gasteiger partial charge in [-0.25, -0.2) is 4.98 Å². The third-order valence-electron chi connectivity index (χ3n) is 4.66. The number of hydrogen-bond acceptors (Lipinski definition) is 7. The van der Waals surface area contributed by atoms with Gasteiger partial charge in [0.1, 0.15) is 17.9 Å². The number of imidazole rings is 1. The van der Waals surface area contributed by atoms with Crippen molar-refractivity contribution >= 4 is 17.2 Å². The number of nitrogens with zero attached hydrogens (tertiary/aromatic N) is 4. The zero-order chi connectivity index (χ0) is 21.6. The molecule has 4 rings (SSSR count). The number of amides is 1. The van der Waals surface area contributed by atoms with Gasteiger partial charge in [0.25, 0.3) is 11.8 Å². The van der Waals surface area contributed by atoms with E-state index in [-0.39, 0.29) is 12.5 Å². The molecule has 0 aliphatic rings. The SMILES string of the molecule is CCOCCOCc1nc(-c2ccc(C)c(NC(=O)c3cnc4ccccn34)c2)no1. The smallest absolute Gasteiger partial charge is 0.274 e. The topological polar surface area (TPSA) is 104 Å². The first-order chi connectivity index (χ1) is 15.2. The van der Waals surface area contributed by atoms with Gasteiger partial charge < -0.3 is 19.3 Å². The number of anilines is 1. The number of pyridine rings is 1. The van der Waals surface area contributed by atoms with E-state index in [1.807, 2.05) is 50.2 Å². The summed E-state index contributed by atoms with van der Waals surface area (Å²) < 4.78 is 17.7. The molecule has 0 unspecified atom stereocenters. The van der Waals surface area contributed by atoms with Crippen LogP contribution in [0.15, 0.2) is 53.3 Å². The summed E-state index contributed by atoms with van der Waals surface area (Å²) >= 11 is 0. The number of rotatable bonds is 9. The van der Waals surface area contributed by atoms with Gasteiger partial charge in [-0.15, -0.1) is 0 Å². The van der Waals surface area contributed by atoms with E-state index >= 15 is 0 Å². The molecule has 0 fully saturated rings. The molecule has 0 aliphatic heterocycles. The van der Waals surface area contributed by atoms with E-state index in [0.29, 0.717) is 48.6 Å². The third-order valence-corrected chi connectivity index (χ3v) is 4.66. The Bertz CT molecular complexity index is 1180. The van der Waals surface area contributed by atoms with Crippen molar-refractivity contribution in [1.29, 1.82) is 0 Å². The molecule has 0 spiro atoms. The fraction of sp³-hybridized carbons (Fsp3) is 0.273. The highest BCUT2D eigenvalue weighted by atomic mass is 16.5. The molecule has 0 aliphatic carbocycles. The Labute approximate surface area is 179 Å². The second-order valence-corrected chi connectivity index (χ2v) is 6.82. The average molecular weight is 421 g/mol. The van der Waals surface area contributed by atoms with Gasteiger partial charge in [-0.3, -0.25) is 9.20 Å². The fourth-order valence-electron chi connectivity index (χ4n) is 3.04. The first-order valence-corrected chi connectivity index (χ1v) is 9.98. The molecular weight excluding hydrogens is 398 g/mol. The lowest BCUT2D eigenvalue weighted by Gasteiger charge is -2.09. The number of aromatic nitrogens is 4. The molecule has 0 radical (unpaired) electrons. The van der Waals surface area contributed by atoms with Gasteiger partial charge in [0, 0.05) is 24.1 Å². The van der Waals surface area contributed by atoms with E-state index in [4.69, 9.17) is 14.0 Å². The van der Waals surface area contributed by atoms with E-state index in [9.17, 15) is 4.79 Å². The van der Waals surface area contributed by atoms with Crippen molar-refractivity contribution in [2.45, 2.75) is 20.5 Å². The molecule has 0 saturated carbocycles. The van der Waals surface area contributed by atoms with Crippen molar-refractivity contribution in [2.24, 2.45) is 0 Å². The fourth-order valence-corrected chi connectivity index (χ4v) is 3.04. The van der Waals surface area contributed by atoms with Crippen LogP contribution < -0.4 is 5.32 Å². The van der Waals surface area contributed by atoms with Crippen LogP contribution in [0.4, 0.5) is 5.69 Å². The number of fused-ring (bicyclic) bond motifs is 1. The molecule has 9 heteroatoms. The summed E-state index contributed by atoms with van der Waals surface area (Å²) in [5.41, 5.74) is 3.46. The van der Waals surface area contributed by atoms with Crippen LogP contribution in [0.1, 0.15) is 28.9 Å². The maximum atomic E-state index is 12.8. The Balaban J connectivity index is 1.47. The Morgan fingerprint density at radius 2 is 2.06 bits per heavy atom. The van der Waals surface area contributed by atoms with Gasteiger partial charge >= 0.3 is 0 Å². The van der Waals surface area contributed by atoms with Crippen molar-refractivity contribution < 1.29 is 18.8 Å². The van der Waals surface area contributed by atoms with E-state index in [1.54, 1.807) is 16.8 Å². The third kappa shape index (κ3) is 4.79. The molecule has 0 saturated heterocycles. The number of carbonyl (C=O) groups excluding carboxylic acids is 1. The molecule has 3 heterocycles. The van der Waals surface area contributed by atoms with Gasteiger partial charge in [-0.1, -0.05) is 23.4 Å². The molecule has 4 aromatic rings. The Morgan fingerprint density at radius 3 is 2.94 bits per heavy atom. The van der Waals surface area contributed by atoms with E-state index < -0.39 is 0 Å². The molecular formula is C22H23N5O4. The van der Waals surface area contributed by atoms with E-state index in [1.165, 1.54) is 0 Å². The second kappa shape index (κ2) is 9.50. The highest BCUT2D eigenvalue weighted by Gasteiger charge is 2.15. The van der Waals surface area contributed by atoms with E-state index in [0.717, 1.165) is 11.1 Å². The van der Waals surface area contributed by atoms with E-state index in [2.05, 4.69) is 20.4 Å². The molecule has 1 N–H and O–H groups in total. The summed E-state index contributed by atoms with van der Waals surface area (Å²) in [6.45, 7) is 5.68. The summed E-state index contributed by atoms with van der Waals surface area (Å²) in [5.74, 6) is 0.549. The number of ether oxygens (including phenoxy) is 2. The minimum Gasteiger partial charge on any atom is -0.379 e. The van der Waals surface area contributed by atoms with Gasteiger partial charge in [-0.2, -0.15) is 4.98 Å². The van der Waals surface area contributed by atoms with Crippen molar-refractivity contribution in [1.82, 2.24) is 19.5 Å². The summed E-state index contributed by atoms with van der Waals surface area (Å²) in [6.07, 6.45) is 3.36. The first kappa shape index (κ1) is 20.7. The molecule has 0 bridgehead atoms. The Hall–Kier alpha value is -3.56. The lowest BCUT2D eigenvalue weighted by molar-refractivity contribution is 0.0355. The zero-order valence-corrected chi connectivity index (χ0v) is 17.4. The maximum absolute atomic E-state index is 12.8. The van der Waals surface area contributed by atoms with Crippen LogP contribution in [0, 0.1) is 6.92 Å². The number of carbonyl (C=O) groups is 1. The number of benzene rings is 1. The molecule has 0 atom stereocenters. The van der Waals surface area contributed by atoms with Gasteiger partial charge in [-0.05, 0) is 37.6 Å². The van der Waals surface area contributed by atoms with Crippen LogP contribution in [0.3, 0.4) is 0 Å². The Morgan fingerprint density at radius 1 is 1.19 bits per heavy atom. The predicted molar refractivity (Wildman–Crippen MR) is 114 cm³/mol. The minimum atomic E-state index is -0.254. The van der Waals surface area contributed by atoms with Crippen LogP contribution in [0.25, 0.3) is 17.0 Å². The molecule has 1 aromatic carbocycles. The van der Waals surface area contributed by atoms with Crippen LogP contribution in [0.5, 0.6) is 0 Å². The zero-order valence-electron chi connectivity index (χ0n) is 17.4. The molecule has 3 aromatic heterocycles. The summed E-state index contributed by atoms with van der Waals surface area (Å²) in [7, 11) is 0. The van der Waals surface area contributed by atoms with Crippen LogP contribution in [-0.2, 0) is 16.1 Å². The van der Waals surface area contributed by atoms with Crippen molar-refractivity contribution in [3.63, 3.8) is 0 Å². The van der Waals surface area contributed by atoms with Crippen LogP contribution in [-0.4, -0.2) is 45.3 Å². The number of hydrogen-bond donors (Lipinski definition) is 1. The normalized spacial score (nSPS) is 11.2. The lowest BCUT2D eigenvalue weighted by Crippen LogP contribution is -2.15. The largest absolute Gasteiger partial charge is 0.379 e. The van der Waals surface area contributed by atoms with Gasteiger partial charge in [0.15, 0.2) is 0 Å². The molecule has 1 amide bonds. The first-order valence-electron chi connectivity index (χ1n) is 9.98. The molecule has 160 valence electrons. The summed E-state index contributed by atoms with van der Waals surface area (Å²) in [6, 6.07) is 11.2. The van der Waals surface area contributed by atoms with Crippen molar-refractivity contribution in [2.75, 3.05) is 25.1 Å². The standard InChI is InChI=1S/C22H23N5O4/c1-3-29-10-11-30-14-20-25-21(26-31-20)16-8-7-15(2)17(12-16)24-22(28)18-13-23-19-6-4-5-9-27(18)19/h4-9,12-13H,3,10-11,14H2,1-2H3,(H,24,28). The predicted octanol–water partition coefficient (Wildman–Crippen LogP) is 3.50. The molecule has 9 nitrogen and oxygen atoms in total. The monoisotopic (exact) mass is 421 g/mol. The van der Waals surface area contributed by atoms with Crippen LogP contribution >= 0.6 is 0 Å². The molecule has 31 heavy (non-hydrogen) atoms. The van der Waals surface area contributed by atoms with Crippen molar-refractivity contribution in [3.05, 3.63) is 65.9 Å². The Kier molecular flexibility index (Phi) is 6.34. The van der Waals surface area contributed by atoms with Crippen LogP contribution in [0.2, 0.25) is 0 Å². The maximum Gasteiger partial charge on any atom is 0.274 e. The highest BCUT2D eigenvalue weighted by molar-refractivity contribution is 6.04. The highest BCUT2D eigenvalue weighted by Crippen LogP contribution is 2.24. The average Bonchev–Trinajstić information content (AvgIpc) is 3.42. The van der Waals surface area contributed by atoms with Crippen molar-refractivity contribution in [3.8, 4) is 11.4 Å². The minimum absolute atomic E-state index is 0.212. The summed E-state index contributed by atoms with van der Waals surface area (Å²) in [4.78, 5) is 21.5. The lowest BCUT2D eigenvalue weighted by atomic mass is 10.1. The number of aryl methyl sites for hydroxylation is 1. The second-order valence-electron chi connectivity index (χ2n) is 6.82. The van der Waals surface area contributed by atoms with Gasteiger partial charge in [0.2, 0.25) is 5.82 Å². The quantitative estimate of drug-likeness (QED) is 0.413. The summed E-state index contributed by atoms with van der Waals surface area (Å²) in [5, 5.41) is 6.97.